The third-order valence-electron chi connectivity index (χ3n) is 5.64. The minimum Gasteiger partial charge on any atom is -0.396 e. The van der Waals surface area contributed by atoms with Gasteiger partial charge in [0.2, 0.25) is 5.91 Å². The van der Waals surface area contributed by atoms with Crippen LogP contribution in [0.1, 0.15) is 37.8 Å². The van der Waals surface area contributed by atoms with E-state index in [2.05, 4.69) is 12.2 Å². The van der Waals surface area contributed by atoms with Gasteiger partial charge in [-0.15, -0.1) is 0 Å². The molecule has 2 heterocycles. The first kappa shape index (κ1) is 17.9. The predicted molar refractivity (Wildman–Crippen MR) is 92.7 cm³/mol. The molecule has 1 aromatic rings. The number of aliphatic hydroxyl groups excluding tert-OH is 1. The molecule has 2 aliphatic heterocycles. The highest BCUT2D eigenvalue weighted by Gasteiger charge is 2.41. The zero-order valence-electron chi connectivity index (χ0n) is 14.6. The van der Waals surface area contributed by atoms with E-state index in [1.165, 1.54) is 0 Å². The van der Waals surface area contributed by atoms with Crippen LogP contribution in [-0.4, -0.2) is 54.2 Å². The highest BCUT2D eigenvalue weighted by atomic mass is 16.5. The number of benzene rings is 1. The lowest BCUT2D eigenvalue weighted by Gasteiger charge is -2.42. The van der Waals surface area contributed by atoms with Crippen molar-refractivity contribution in [2.45, 2.75) is 38.3 Å². The third kappa shape index (κ3) is 3.70. The molecule has 2 atom stereocenters. The first-order valence-electron chi connectivity index (χ1n) is 8.94. The summed E-state index contributed by atoms with van der Waals surface area (Å²) in [4.78, 5) is 26.6. The third-order valence-corrected chi connectivity index (χ3v) is 5.64. The van der Waals surface area contributed by atoms with Crippen molar-refractivity contribution in [3.8, 4) is 0 Å². The Morgan fingerprint density at radius 3 is 2.60 bits per heavy atom. The predicted octanol–water partition coefficient (Wildman–Crippen LogP) is 1.25. The molecule has 3 rings (SSSR count). The number of hydrogen-bond donors (Lipinski definition) is 2. The molecule has 6 nitrogen and oxygen atoms in total. The average Bonchev–Trinajstić information content (AvgIpc) is 2.68. The van der Waals surface area contributed by atoms with Crippen LogP contribution in [0, 0.1) is 5.41 Å². The van der Waals surface area contributed by atoms with E-state index in [1.807, 2.05) is 35.2 Å². The summed E-state index contributed by atoms with van der Waals surface area (Å²) in [6.45, 7) is 3.38. The number of rotatable bonds is 4. The lowest BCUT2D eigenvalue weighted by Crippen LogP contribution is -2.55. The van der Waals surface area contributed by atoms with Crippen molar-refractivity contribution in [3.05, 3.63) is 35.9 Å². The largest absolute Gasteiger partial charge is 0.396 e. The summed E-state index contributed by atoms with van der Waals surface area (Å²) < 4.78 is 5.62. The molecule has 25 heavy (non-hydrogen) atoms. The minimum absolute atomic E-state index is 0.0722. The summed E-state index contributed by atoms with van der Waals surface area (Å²) >= 11 is 0. The molecule has 6 heteroatoms. The molecular formula is C19H26N2O4. The Labute approximate surface area is 148 Å². The Hall–Kier alpha value is -1.92. The number of morpholine rings is 1. The van der Waals surface area contributed by atoms with Gasteiger partial charge in [-0.1, -0.05) is 37.3 Å². The Morgan fingerprint density at radius 2 is 2.00 bits per heavy atom. The number of nitrogens with one attached hydrogen (secondary N) is 1. The van der Waals surface area contributed by atoms with Crippen LogP contribution in [0.2, 0.25) is 0 Å². The molecule has 2 saturated heterocycles. The van der Waals surface area contributed by atoms with Crippen LogP contribution in [0.4, 0.5) is 0 Å². The first-order chi connectivity index (χ1) is 12.1. The van der Waals surface area contributed by atoms with Crippen LogP contribution in [-0.2, 0) is 14.3 Å². The number of carbonyl (C=O) groups excluding carboxylic acids is 2. The van der Waals surface area contributed by atoms with Crippen LogP contribution in [0.5, 0.6) is 0 Å². The van der Waals surface area contributed by atoms with Crippen molar-refractivity contribution in [1.82, 2.24) is 10.2 Å². The van der Waals surface area contributed by atoms with Gasteiger partial charge in [-0.05, 0) is 30.2 Å². The van der Waals surface area contributed by atoms with Crippen molar-refractivity contribution in [1.29, 1.82) is 0 Å². The Morgan fingerprint density at radius 1 is 1.32 bits per heavy atom. The monoisotopic (exact) mass is 346 g/mol. The van der Waals surface area contributed by atoms with Crippen LogP contribution in [0.25, 0.3) is 0 Å². The standard InChI is InChI=1S/C19H26N2O4/c1-2-19(13-22)8-10-21(11-9-19)18(24)17-16(20-15(23)12-25-17)14-6-4-3-5-7-14/h3-7,16-17,22H,2,8-13H2,1H3,(H,20,23). The Bertz CT molecular complexity index is 605. The molecule has 0 saturated carbocycles. The zero-order chi connectivity index (χ0) is 17.9. The van der Waals surface area contributed by atoms with E-state index in [1.54, 1.807) is 0 Å². The Balaban J connectivity index is 1.73. The second kappa shape index (κ2) is 7.54. The fourth-order valence-electron chi connectivity index (χ4n) is 3.69. The number of carbonyl (C=O) groups is 2. The maximum atomic E-state index is 13.0. The number of likely N-dealkylation sites (tertiary alicyclic amines) is 1. The van der Waals surface area contributed by atoms with E-state index in [0.29, 0.717) is 13.1 Å². The van der Waals surface area contributed by atoms with E-state index in [-0.39, 0.29) is 30.4 Å². The summed E-state index contributed by atoms with van der Waals surface area (Å²) in [5.41, 5.74) is 0.793. The average molecular weight is 346 g/mol. The summed E-state index contributed by atoms with van der Waals surface area (Å²) in [7, 11) is 0. The van der Waals surface area contributed by atoms with Gasteiger partial charge in [0.05, 0.1) is 6.04 Å². The molecule has 2 aliphatic rings. The summed E-state index contributed by atoms with van der Waals surface area (Å²) in [5, 5.41) is 12.5. The van der Waals surface area contributed by atoms with E-state index >= 15 is 0 Å². The van der Waals surface area contributed by atoms with E-state index in [4.69, 9.17) is 4.74 Å². The molecule has 2 N–H and O–H groups in total. The van der Waals surface area contributed by atoms with Gasteiger partial charge in [-0.2, -0.15) is 0 Å². The SMILES string of the molecule is CCC1(CO)CCN(C(=O)C2OCC(=O)NC2c2ccccc2)CC1. The van der Waals surface area contributed by atoms with Crippen molar-refractivity contribution in [3.63, 3.8) is 0 Å². The van der Waals surface area contributed by atoms with Crippen molar-refractivity contribution >= 4 is 11.8 Å². The quantitative estimate of drug-likeness (QED) is 0.860. The lowest BCUT2D eigenvalue weighted by molar-refractivity contribution is -0.157. The normalized spacial score (nSPS) is 26.2. The van der Waals surface area contributed by atoms with Gasteiger partial charge in [0, 0.05) is 19.7 Å². The highest BCUT2D eigenvalue weighted by Crippen LogP contribution is 2.35. The lowest BCUT2D eigenvalue weighted by atomic mass is 9.77. The fraction of sp³-hybridized carbons (Fsp3) is 0.579. The molecule has 2 amide bonds. The zero-order valence-corrected chi connectivity index (χ0v) is 14.6. The van der Waals surface area contributed by atoms with Crippen LogP contribution in [0.15, 0.2) is 30.3 Å². The second-order valence-electron chi connectivity index (χ2n) is 7.02. The van der Waals surface area contributed by atoms with E-state index in [9.17, 15) is 14.7 Å². The first-order valence-corrected chi connectivity index (χ1v) is 8.94. The van der Waals surface area contributed by atoms with Crippen molar-refractivity contribution < 1.29 is 19.4 Å². The number of piperidine rings is 1. The van der Waals surface area contributed by atoms with Crippen LogP contribution in [0.3, 0.4) is 0 Å². The van der Waals surface area contributed by atoms with Gasteiger partial charge in [0.15, 0.2) is 6.10 Å². The fourth-order valence-corrected chi connectivity index (χ4v) is 3.69. The van der Waals surface area contributed by atoms with E-state index < -0.39 is 12.1 Å². The molecule has 0 aliphatic carbocycles. The summed E-state index contributed by atoms with van der Waals surface area (Å²) in [5.74, 6) is -0.293. The van der Waals surface area contributed by atoms with Crippen LogP contribution >= 0.6 is 0 Å². The molecule has 2 fully saturated rings. The summed E-state index contributed by atoms with van der Waals surface area (Å²) in [6, 6.07) is 8.99. The number of aliphatic hydroxyl groups is 1. The highest BCUT2D eigenvalue weighted by molar-refractivity contribution is 5.86. The van der Waals surface area contributed by atoms with Gasteiger partial charge >= 0.3 is 0 Å². The molecule has 2 unspecified atom stereocenters. The van der Waals surface area contributed by atoms with E-state index in [0.717, 1.165) is 24.8 Å². The molecule has 0 aromatic heterocycles. The van der Waals surface area contributed by atoms with Gasteiger partial charge < -0.3 is 20.1 Å². The molecule has 0 bridgehead atoms. The topological polar surface area (TPSA) is 78.9 Å². The second-order valence-corrected chi connectivity index (χ2v) is 7.02. The molecule has 0 spiro atoms. The number of nitrogens with zero attached hydrogens (tertiary/aromatic N) is 1. The number of amides is 2. The maximum absolute atomic E-state index is 13.0. The minimum atomic E-state index is -0.705. The molecule has 1 aromatic carbocycles. The van der Waals surface area contributed by atoms with Crippen molar-refractivity contribution in [2.75, 3.05) is 26.3 Å². The molecule has 0 radical (unpaired) electrons. The number of ether oxygens (including phenoxy) is 1. The maximum Gasteiger partial charge on any atom is 0.254 e. The molecular weight excluding hydrogens is 320 g/mol. The van der Waals surface area contributed by atoms with Crippen molar-refractivity contribution in [2.24, 2.45) is 5.41 Å². The summed E-state index contributed by atoms with van der Waals surface area (Å²) in [6.07, 6.45) is 1.79. The van der Waals surface area contributed by atoms with Gasteiger partial charge in [-0.25, -0.2) is 0 Å². The molecule has 136 valence electrons. The van der Waals surface area contributed by atoms with Gasteiger partial charge in [-0.3, -0.25) is 9.59 Å². The van der Waals surface area contributed by atoms with Gasteiger partial charge in [0.25, 0.3) is 5.91 Å². The smallest absolute Gasteiger partial charge is 0.254 e. The van der Waals surface area contributed by atoms with Gasteiger partial charge in [0.1, 0.15) is 6.61 Å². The van der Waals surface area contributed by atoms with Crippen LogP contribution < -0.4 is 5.32 Å². The number of hydrogen-bond acceptors (Lipinski definition) is 4. The Kier molecular flexibility index (Phi) is 5.39.